The number of carbonyl (C=O) groups excluding carboxylic acids is 1. The highest BCUT2D eigenvalue weighted by Crippen LogP contribution is 2.21. The van der Waals surface area contributed by atoms with Gasteiger partial charge in [0.25, 0.3) is 5.91 Å². The lowest BCUT2D eigenvalue weighted by atomic mass is 10.2. The van der Waals surface area contributed by atoms with Crippen molar-refractivity contribution in [3.63, 3.8) is 0 Å². The van der Waals surface area contributed by atoms with E-state index in [1.807, 2.05) is 0 Å². The van der Waals surface area contributed by atoms with Crippen LogP contribution >= 0.6 is 0 Å². The molecule has 0 aliphatic rings. The van der Waals surface area contributed by atoms with Crippen molar-refractivity contribution in [3.05, 3.63) is 42.5 Å². The largest absolute Gasteiger partial charge is 0.481 e. The summed E-state index contributed by atoms with van der Waals surface area (Å²) in [7, 11) is 0. The van der Waals surface area contributed by atoms with Gasteiger partial charge in [0.2, 0.25) is 12.3 Å². The number of nitrogens with one attached hydrogen (secondary N) is 1. The van der Waals surface area contributed by atoms with Crippen molar-refractivity contribution < 1.29 is 18.5 Å². The second kappa shape index (κ2) is 6.30. The van der Waals surface area contributed by atoms with Crippen molar-refractivity contribution in [1.29, 1.82) is 0 Å². The molecule has 1 aromatic carbocycles. The molecule has 2 aromatic heterocycles. The van der Waals surface area contributed by atoms with Crippen molar-refractivity contribution in [2.45, 2.75) is 20.0 Å². The highest BCUT2D eigenvalue weighted by Gasteiger charge is 2.16. The number of nitrogens with zero attached hydrogens (tertiary/aromatic N) is 3. The molecule has 0 saturated heterocycles. The van der Waals surface area contributed by atoms with Gasteiger partial charge in [-0.1, -0.05) is 5.16 Å². The van der Waals surface area contributed by atoms with E-state index in [1.54, 1.807) is 44.2 Å². The zero-order valence-electron chi connectivity index (χ0n) is 12.5. The number of carbonyl (C=O) groups is 1. The Morgan fingerprint density at radius 1 is 1.30 bits per heavy atom. The van der Waals surface area contributed by atoms with Gasteiger partial charge < -0.3 is 19.0 Å². The number of benzene rings is 1. The van der Waals surface area contributed by atoms with Crippen LogP contribution in [-0.4, -0.2) is 27.4 Å². The van der Waals surface area contributed by atoms with Crippen LogP contribution in [0, 0.1) is 6.92 Å². The van der Waals surface area contributed by atoms with Gasteiger partial charge in [-0.2, -0.15) is 0 Å². The maximum Gasteiger partial charge on any atom is 0.266 e. The van der Waals surface area contributed by atoms with E-state index >= 15 is 0 Å². The van der Waals surface area contributed by atoms with E-state index < -0.39 is 6.10 Å². The Bertz CT molecular complexity index is 780. The van der Waals surface area contributed by atoms with Crippen LogP contribution < -0.4 is 10.1 Å². The van der Waals surface area contributed by atoms with Crippen LogP contribution in [0.3, 0.4) is 0 Å². The molecule has 0 saturated carbocycles. The second-order valence-electron chi connectivity index (χ2n) is 4.84. The third-order valence-corrected chi connectivity index (χ3v) is 3.02. The first-order valence-corrected chi connectivity index (χ1v) is 6.89. The summed E-state index contributed by atoms with van der Waals surface area (Å²) >= 11 is 0. The van der Waals surface area contributed by atoms with Gasteiger partial charge in [-0.15, -0.1) is 10.2 Å². The molecule has 1 atom stereocenters. The monoisotopic (exact) mass is 314 g/mol. The molecule has 2 heterocycles. The summed E-state index contributed by atoms with van der Waals surface area (Å²) in [4.78, 5) is 12.0. The minimum atomic E-state index is -0.693. The SMILES string of the molecule is Cc1cc(NC(=O)C(C)Oc2ccc(-c3nnco3)cc2)no1. The molecule has 1 unspecified atom stereocenters. The minimum Gasteiger partial charge on any atom is -0.481 e. The lowest BCUT2D eigenvalue weighted by molar-refractivity contribution is -0.122. The third-order valence-electron chi connectivity index (χ3n) is 3.02. The molecule has 3 aromatic rings. The molecule has 1 N–H and O–H groups in total. The number of aryl methyl sites for hydroxylation is 1. The molecule has 8 heteroatoms. The van der Waals surface area contributed by atoms with Crippen molar-refractivity contribution in [3.8, 4) is 17.2 Å². The van der Waals surface area contributed by atoms with Gasteiger partial charge in [-0.3, -0.25) is 4.79 Å². The van der Waals surface area contributed by atoms with E-state index in [0.29, 0.717) is 23.2 Å². The van der Waals surface area contributed by atoms with Crippen LogP contribution in [0.1, 0.15) is 12.7 Å². The molecule has 118 valence electrons. The Balaban J connectivity index is 1.61. The number of rotatable bonds is 5. The average Bonchev–Trinajstić information content (AvgIpc) is 3.20. The quantitative estimate of drug-likeness (QED) is 0.771. The van der Waals surface area contributed by atoms with Crippen LogP contribution in [-0.2, 0) is 4.79 Å². The standard InChI is InChI=1S/C15H14N4O4/c1-9-7-13(19-23-9)17-14(20)10(2)22-12-5-3-11(4-6-12)15-18-16-8-21-15/h3-8,10H,1-2H3,(H,17,19,20). The van der Waals surface area contributed by atoms with E-state index in [0.717, 1.165) is 5.56 Å². The number of hydrogen-bond donors (Lipinski definition) is 1. The highest BCUT2D eigenvalue weighted by molar-refractivity contribution is 5.93. The molecule has 0 bridgehead atoms. The molecular weight excluding hydrogens is 300 g/mol. The predicted octanol–water partition coefficient (Wildman–Crippen LogP) is 2.44. The lowest BCUT2D eigenvalue weighted by Crippen LogP contribution is -2.30. The zero-order chi connectivity index (χ0) is 16.2. The van der Waals surface area contributed by atoms with Gasteiger partial charge in [-0.05, 0) is 38.1 Å². The third kappa shape index (κ3) is 3.54. The molecule has 0 aliphatic heterocycles. The van der Waals surface area contributed by atoms with Gasteiger partial charge in [0, 0.05) is 11.6 Å². The van der Waals surface area contributed by atoms with E-state index in [2.05, 4.69) is 20.7 Å². The molecule has 23 heavy (non-hydrogen) atoms. The van der Waals surface area contributed by atoms with Crippen molar-refractivity contribution in [2.75, 3.05) is 5.32 Å². The Hall–Kier alpha value is -3.16. The highest BCUT2D eigenvalue weighted by atomic mass is 16.5. The lowest BCUT2D eigenvalue weighted by Gasteiger charge is -2.13. The molecule has 0 aliphatic carbocycles. The number of hydrogen-bond acceptors (Lipinski definition) is 7. The van der Waals surface area contributed by atoms with E-state index in [4.69, 9.17) is 13.7 Å². The van der Waals surface area contributed by atoms with Crippen LogP contribution in [0.2, 0.25) is 0 Å². The zero-order valence-corrected chi connectivity index (χ0v) is 12.5. The molecule has 1 amide bonds. The summed E-state index contributed by atoms with van der Waals surface area (Å²) in [5, 5.41) is 13.8. The first-order valence-electron chi connectivity index (χ1n) is 6.89. The van der Waals surface area contributed by atoms with E-state index in [-0.39, 0.29) is 5.91 Å². The fraction of sp³-hybridized carbons (Fsp3) is 0.200. The minimum absolute atomic E-state index is 0.320. The first-order chi connectivity index (χ1) is 11.1. The molecule has 0 radical (unpaired) electrons. The molecule has 0 fully saturated rings. The van der Waals surface area contributed by atoms with Crippen LogP contribution in [0.25, 0.3) is 11.5 Å². The average molecular weight is 314 g/mol. The van der Waals surface area contributed by atoms with E-state index in [1.165, 1.54) is 6.39 Å². The Labute approximate surface area is 131 Å². The number of anilines is 1. The maximum atomic E-state index is 12.0. The van der Waals surface area contributed by atoms with Crippen molar-refractivity contribution in [2.24, 2.45) is 0 Å². The summed E-state index contributed by atoms with van der Waals surface area (Å²) in [6, 6.07) is 8.62. The predicted molar refractivity (Wildman–Crippen MR) is 79.7 cm³/mol. The number of aromatic nitrogens is 3. The summed E-state index contributed by atoms with van der Waals surface area (Å²) < 4.78 is 15.6. The number of amides is 1. The summed E-state index contributed by atoms with van der Waals surface area (Å²) in [6.07, 6.45) is 0.568. The van der Waals surface area contributed by atoms with Gasteiger partial charge in [0.05, 0.1) is 0 Å². The molecule has 3 rings (SSSR count). The molecule has 0 spiro atoms. The smallest absolute Gasteiger partial charge is 0.266 e. The van der Waals surface area contributed by atoms with Gasteiger partial charge >= 0.3 is 0 Å². The summed E-state index contributed by atoms with van der Waals surface area (Å²) in [5.41, 5.74) is 0.769. The molecule has 8 nitrogen and oxygen atoms in total. The Morgan fingerprint density at radius 3 is 2.70 bits per heavy atom. The molecular formula is C15H14N4O4. The summed E-state index contributed by atoms with van der Waals surface area (Å²) in [5.74, 6) is 1.62. The maximum absolute atomic E-state index is 12.0. The normalized spacial score (nSPS) is 11.9. The fourth-order valence-electron chi connectivity index (χ4n) is 1.89. The number of ether oxygens (including phenoxy) is 1. The Kier molecular flexibility index (Phi) is 4.05. The topological polar surface area (TPSA) is 103 Å². The van der Waals surface area contributed by atoms with Gasteiger partial charge in [0.1, 0.15) is 11.5 Å². The van der Waals surface area contributed by atoms with Crippen LogP contribution in [0.5, 0.6) is 5.75 Å². The van der Waals surface area contributed by atoms with Gasteiger partial charge in [0.15, 0.2) is 11.9 Å². The van der Waals surface area contributed by atoms with Crippen LogP contribution in [0.15, 0.2) is 45.7 Å². The van der Waals surface area contributed by atoms with Crippen molar-refractivity contribution in [1.82, 2.24) is 15.4 Å². The second-order valence-corrected chi connectivity index (χ2v) is 4.84. The fourth-order valence-corrected chi connectivity index (χ4v) is 1.89. The van der Waals surface area contributed by atoms with Gasteiger partial charge in [-0.25, -0.2) is 0 Å². The Morgan fingerprint density at radius 2 is 2.09 bits per heavy atom. The van der Waals surface area contributed by atoms with Crippen LogP contribution in [0.4, 0.5) is 5.82 Å². The van der Waals surface area contributed by atoms with Crippen molar-refractivity contribution >= 4 is 11.7 Å². The first kappa shape index (κ1) is 14.8. The summed E-state index contributed by atoms with van der Waals surface area (Å²) in [6.45, 7) is 3.39. The van der Waals surface area contributed by atoms with E-state index in [9.17, 15) is 4.79 Å².